The number of aromatic nitrogens is 3. The summed E-state index contributed by atoms with van der Waals surface area (Å²) >= 11 is 1.41. The van der Waals surface area contributed by atoms with E-state index in [0.717, 1.165) is 19.4 Å². The van der Waals surface area contributed by atoms with E-state index in [1.54, 1.807) is 0 Å². The minimum Gasteiger partial charge on any atom is -0.339 e. The van der Waals surface area contributed by atoms with Crippen molar-refractivity contribution in [2.75, 3.05) is 18.1 Å². The Balaban J connectivity index is 1.66. The summed E-state index contributed by atoms with van der Waals surface area (Å²) < 4.78 is 25.3. The van der Waals surface area contributed by atoms with Gasteiger partial charge in [-0.25, -0.2) is 8.42 Å². The predicted octanol–water partition coefficient (Wildman–Crippen LogP) is 2.38. The van der Waals surface area contributed by atoms with Crippen molar-refractivity contribution in [2.45, 2.75) is 74.7 Å². The van der Waals surface area contributed by atoms with Gasteiger partial charge in [-0.1, -0.05) is 31.0 Å². The number of sulfone groups is 1. The van der Waals surface area contributed by atoms with Gasteiger partial charge in [0.05, 0.1) is 16.8 Å². The van der Waals surface area contributed by atoms with Crippen LogP contribution in [0.15, 0.2) is 5.16 Å². The first kappa shape index (κ1) is 20.6. The van der Waals surface area contributed by atoms with Gasteiger partial charge in [-0.2, -0.15) is 0 Å². The van der Waals surface area contributed by atoms with E-state index >= 15 is 0 Å². The molecule has 2 fully saturated rings. The van der Waals surface area contributed by atoms with Gasteiger partial charge in [-0.05, 0) is 33.1 Å². The average molecular weight is 415 g/mol. The largest absolute Gasteiger partial charge is 0.339 e. The molecule has 0 aromatic carbocycles. The molecule has 9 heteroatoms. The predicted molar refractivity (Wildman–Crippen MR) is 107 cm³/mol. The van der Waals surface area contributed by atoms with Gasteiger partial charge in [0.25, 0.3) is 0 Å². The standard InChI is InChI=1S/C18H30N4O3S2/c1-4-22(15-8-6-5-7-9-15)17(23)13(2)26-18-20-19-16(21(18)3)14-10-11-27(24,25)12-14/h13-15H,4-12H2,1-3H3/t13-,14-/m0/s1. The molecule has 0 bridgehead atoms. The molecular formula is C18H30N4O3S2. The first-order valence-corrected chi connectivity index (χ1v) is 12.6. The molecule has 1 aliphatic heterocycles. The number of carbonyl (C=O) groups is 1. The van der Waals surface area contributed by atoms with Crippen molar-refractivity contribution in [2.24, 2.45) is 7.05 Å². The minimum atomic E-state index is -2.96. The zero-order chi connectivity index (χ0) is 19.6. The lowest BCUT2D eigenvalue weighted by molar-refractivity contribution is -0.133. The second kappa shape index (κ2) is 8.51. The molecule has 1 saturated heterocycles. The molecule has 0 spiro atoms. The Morgan fingerprint density at radius 2 is 1.96 bits per heavy atom. The second-order valence-electron chi connectivity index (χ2n) is 7.68. The molecule has 1 aliphatic carbocycles. The highest BCUT2D eigenvalue weighted by Gasteiger charge is 2.33. The van der Waals surface area contributed by atoms with E-state index in [4.69, 9.17) is 0 Å². The minimum absolute atomic E-state index is 0.0952. The maximum absolute atomic E-state index is 13.0. The molecule has 2 atom stereocenters. The van der Waals surface area contributed by atoms with E-state index < -0.39 is 9.84 Å². The average Bonchev–Trinajstić information content (AvgIpc) is 3.18. The molecule has 1 aromatic rings. The molecule has 2 aliphatic rings. The van der Waals surface area contributed by atoms with Gasteiger partial charge in [0.2, 0.25) is 5.91 Å². The summed E-state index contributed by atoms with van der Waals surface area (Å²) in [5.41, 5.74) is 0. The van der Waals surface area contributed by atoms with Crippen molar-refractivity contribution in [1.82, 2.24) is 19.7 Å². The molecule has 7 nitrogen and oxygen atoms in total. The fraction of sp³-hybridized carbons (Fsp3) is 0.833. The summed E-state index contributed by atoms with van der Waals surface area (Å²) in [5.74, 6) is 1.13. The Labute approximate surface area is 166 Å². The number of carbonyl (C=O) groups excluding carboxylic acids is 1. The van der Waals surface area contributed by atoms with Crippen molar-refractivity contribution in [1.29, 1.82) is 0 Å². The van der Waals surface area contributed by atoms with Crippen LogP contribution >= 0.6 is 11.8 Å². The molecule has 0 radical (unpaired) electrons. The summed E-state index contributed by atoms with van der Waals surface area (Å²) in [6.07, 6.45) is 6.46. The molecule has 0 unspecified atom stereocenters. The zero-order valence-corrected chi connectivity index (χ0v) is 18.1. The van der Waals surface area contributed by atoms with Crippen molar-refractivity contribution in [3.8, 4) is 0 Å². The van der Waals surface area contributed by atoms with Gasteiger partial charge in [0, 0.05) is 25.6 Å². The summed E-state index contributed by atoms with van der Waals surface area (Å²) in [7, 11) is -1.10. The third-order valence-electron chi connectivity index (χ3n) is 5.74. The Morgan fingerprint density at radius 3 is 2.56 bits per heavy atom. The normalized spacial score (nSPS) is 24.0. The van der Waals surface area contributed by atoms with Crippen LogP contribution in [0.1, 0.15) is 64.1 Å². The number of hydrogen-bond acceptors (Lipinski definition) is 6. The van der Waals surface area contributed by atoms with Crippen LogP contribution in [0, 0.1) is 0 Å². The molecule has 152 valence electrons. The van der Waals surface area contributed by atoms with Crippen LogP contribution in [0.25, 0.3) is 0 Å². The van der Waals surface area contributed by atoms with Crippen LogP contribution < -0.4 is 0 Å². The van der Waals surface area contributed by atoms with E-state index in [1.165, 1.54) is 31.0 Å². The fourth-order valence-corrected chi connectivity index (χ4v) is 6.84. The molecule has 3 rings (SSSR count). The van der Waals surface area contributed by atoms with E-state index in [2.05, 4.69) is 10.2 Å². The van der Waals surface area contributed by atoms with Crippen molar-refractivity contribution < 1.29 is 13.2 Å². The number of hydrogen-bond donors (Lipinski definition) is 0. The number of rotatable bonds is 6. The molecule has 0 N–H and O–H groups in total. The van der Waals surface area contributed by atoms with E-state index in [-0.39, 0.29) is 28.6 Å². The second-order valence-corrected chi connectivity index (χ2v) is 11.2. The highest BCUT2D eigenvalue weighted by atomic mass is 32.2. The lowest BCUT2D eigenvalue weighted by Gasteiger charge is -2.35. The van der Waals surface area contributed by atoms with E-state index in [1.807, 2.05) is 30.4 Å². The monoisotopic (exact) mass is 414 g/mol. The molecule has 27 heavy (non-hydrogen) atoms. The summed E-state index contributed by atoms with van der Waals surface area (Å²) in [5, 5.41) is 8.91. The van der Waals surface area contributed by atoms with Crippen molar-refractivity contribution in [3.05, 3.63) is 5.82 Å². The van der Waals surface area contributed by atoms with E-state index in [0.29, 0.717) is 23.4 Å². The zero-order valence-electron chi connectivity index (χ0n) is 16.4. The summed E-state index contributed by atoms with van der Waals surface area (Å²) in [6.45, 7) is 4.70. The smallest absolute Gasteiger partial charge is 0.236 e. The number of thioether (sulfide) groups is 1. The molecule has 1 aromatic heterocycles. The van der Waals surface area contributed by atoms with Gasteiger partial charge in [0.1, 0.15) is 5.82 Å². The lowest BCUT2D eigenvalue weighted by Crippen LogP contribution is -2.44. The maximum atomic E-state index is 13.0. The third kappa shape index (κ3) is 4.67. The van der Waals surface area contributed by atoms with Gasteiger partial charge >= 0.3 is 0 Å². The van der Waals surface area contributed by atoms with Gasteiger partial charge in [0.15, 0.2) is 15.0 Å². The van der Waals surface area contributed by atoms with Crippen LogP contribution in [0.5, 0.6) is 0 Å². The third-order valence-corrected chi connectivity index (χ3v) is 8.62. The van der Waals surface area contributed by atoms with Crippen LogP contribution in [0.4, 0.5) is 0 Å². The maximum Gasteiger partial charge on any atom is 0.236 e. The first-order chi connectivity index (χ1) is 12.8. The Morgan fingerprint density at radius 1 is 1.26 bits per heavy atom. The summed E-state index contributed by atoms with van der Waals surface area (Å²) in [4.78, 5) is 15.0. The van der Waals surface area contributed by atoms with Crippen LogP contribution in [0.2, 0.25) is 0 Å². The number of nitrogens with zero attached hydrogens (tertiary/aromatic N) is 4. The quantitative estimate of drug-likeness (QED) is 0.665. The van der Waals surface area contributed by atoms with Gasteiger partial charge in [-0.3, -0.25) is 4.79 Å². The van der Waals surface area contributed by atoms with E-state index in [9.17, 15) is 13.2 Å². The van der Waals surface area contributed by atoms with Gasteiger partial charge < -0.3 is 9.47 Å². The molecule has 1 saturated carbocycles. The highest BCUT2D eigenvalue weighted by molar-refractivity contribution is 8.00. The Bertz CT molecular complexity index is 772. The van der Waals surface area contributed by atoms with Crippen LogP contribution in [0.3, 0.4) is 0 Å². The van der Waals surface area contributed by atoms with Crippen molar-refractivity contribution >= 4 is 27.5 Å². The van der Waals surface area contributed by atoms with Crippen LogP contribution in [-0.2, 0) is 21.7 Å². The topological polar surface area (TPSA) is 85.2 Å². The highest BCUT2D eigenvalue weighted by Crippen LogP contribution is 2.31. The lowest BCUT2D eigenvalue weighted by atomic mass is 9.94. The Kier molecular flexibility index (Phi) is 6.50. The molecular weight excluding hydrogens is 384 g/mol. The molecule has 1 amide bonds. The fourth-order valence-electron chi connectivity index (χ4n) is 4.21. The Hall–Kier alpha value is -1.09. The van der Waals surface area contributed by atoms with Crippen molar-refractivity contribution in [3.63, 3.8) is 0 Å². The summed E-state index contributed by atoms with van der Waals surface area (Å²) in [6, 6.07) is 0.359. The first-order valence-electron chi connectivity index (χ1n) is 9.89. The molecule has 2 heterocycles. The number of amides is 1. The van der Waals surface area contributed by atoms with Gasteiger partial charge in [-0.15, -0.1) is 10.2 Å². The SMILES string of the molecule is CCN(C(=O)[C@H](C)Sc1nnc([C@H]2CCS(=O)(=O)C2)n1C)C1CCCCC1. The van der Waals surface area contributed by atoms with Crippen LogP contribution in [-0.4, -0.2) is 63.3 Å².